The predicted octanol–water partition coefficient (Wildman–Crippen LogP) is 1.80. The van der Waals surface area contributed by atoms with Gasteiger partial charge in [0.2, 0.25) is 0 Å². The molecule has 0 saturated heterocycles. The summed E-state index contributed by atoms with van der Waals surface area (Å²) in [6, 6.07) is 8.24. The Labute approximate surface area is 76.0 Å². The van der Waals surface area contributed by atoms with Crippen LogP contribution >= 0.6 is 0 Å². The van der Waals surface area contributed by atoms with Gasteiger partial charge in [-0.25, -0.2) is 4.98 Å². The molecule has 2 heterocycles. The average Bonchev–Trinajstić information content (AvgIpc) is 2.65. The maximum absolute atomic E-state index is 4.13. The van der Waals surface area contributed by atoms with E-state index < -0.39 is 0 Å². The standard InChI is InChI=1S/C10H9N3/c1-2-4-10-9(3-1)12-6-8-5-11-7-13(8)10/h1-5,7,12H,6H2. The maximum atomic E-state index is 4.13. The van der Waals surface area contributed by atoms with Gasteiger partial charge in [0.05, 0.1) is 36.1 Å². The summed E-state index contributed by atoms with van der Waals surface area (Å²) < 4.78 is 2.12. The third-order valence-corrected chi connectivity index (χ3v) is 2.34. The lowest BCUT2D eigenvalue weighted by molar-refractivity contribution is 0.906. The highest BCUT2D eigenvalue weighted by molar-refractivity contribution is 5.63. The Morgan fingerprint density at radius 2 is 2.23 bits per heavy atom. The Hall–Kier alpha value is -1.77. The first kappa shape index (κ1) is 6.71. The zero-order valence-electron chi connectivity index (χ0n) is 7.07. The Morgan fingerprint density at radius 3 is 3.23 bits per heavy atom. The van der Waals surface area contributed by atoms with Gasteiger partial charge in [0.25, 0.3) is 0 Å². The molecular formula is C10H9N3. The van der Waals surface area contributed by atoms with Gasteiger partial charge in [-0.1, -0.05) is 12.1 Å². The molecule has 0 bridgehead atoms. The van der Waals surface area contributed by atoms with Crippen LogP contribution in [0.15, 0.2) is 36.8 Å². The number of benzene rings is 1. The van der Waals surface area contributed by atoms with Crippen molar-refractivity contribution in [2.75, 3.05) is 5.32 Å². The highest BCUT2D eigenvalue weighted by Gasteiger charge is 2.12. The van der Waals surface area contributed by atoms with Crippen molar-refractivity contribution < 1.29 is 0 Å². The first-order valence-corrected chi connectivity index (χ1v) is 4.29. The molecule has 1 aliphatic heterocycles. The molecule has 0 saturated carbocycles. The molecule has 0 amide bonds. The average molecular weight is 171 g/mol. The van der Waals surface area contributed by atoms with Crippen molar-refractivity contribution >= 4 is 5.69 Å². The Morgan fingerprint density at radius 1 is 1.31 bits per heavy atom. The Kier molecular flexibility index (Phi) is 1.22. The summed E-state index contributed by atoms with van der Waals surface area (Å²) in [6.07, 6.45) is 3.75. The molecule has 1 N–H and O–H groups in total. The largest absolute Gasteiger partial charge is 0.378 e. The van der Waals surface area contributed by atoms with Crippen molar-refractivity contribution in [3.63, 3.8) is 0 Å². The topological polar surface area (TPSA) is 29.9 Å². The molecular weight excluding hydrogens is 162 g/mol. The fourth-order valence-corrected chi connectivity index (χ4v) is 1.69. The van der Waals surface area contributed by atoms with Gasteiger partial charge in [0.1, 0.15) is 0 Å². The number of nitrogens with one attached hydrogen (secondary N) is 1. The van der Waals surface area contributed by atoms with Gasteiger partial charge in [-0.15, -0.1) is 0 Å². The second-order valence-corrected chi connectivity index (χ2v) is 3.13. The molecule has 1 aromatic carbocycles. The number of rotatable bonds is 0. The van der Waals surface area contributed by atoms with E-state index in [0.717, 1.165) is 6.54 Å². The fraction of sp³-hybridized carbons (Fsp3) is 0.100. The molecule has 1 aliphatic rings. The van der Waals surface area contributed by atoms with E-state index in [1.165, 1.54) is 17.1 Å². The monoisotopic (exact) mass is 171 g/mol. The van der Waals surface area contributed by atoms with Gasteiger partial charge < -0.3 is 5.32 Å². The predicted molar refractivity (Wildman–Crippen MR) is 50.9 cm³/mol. The van der Waals surface area contributed by atoms with E-state index in [4.69, 9.17) is 0 Å². The van der Waals surface area contributed by atoms with E-state index in [-0.39, 0.29) is 0 Å². The van der Waals surface area contributed by atoms with Crippen LogP contribution in [0.5, 0.6) is 0 Å². The molecule has 0 spiro atoms. The molecule has 0 fully saturated rings. The van der Waals surface area contributed by atoms with Gasteiger partial charge in [0.15, 0.2) is 0 Å². The molecule has 1 aromatic heterocycles. The van der Waals surface area contributed by atoms with Crippen molar-refractivity contribution in [3.8, 4) is 5.69 Å². The Balaban J connectivity index is 2.30. The summed E-state index contributed by atoms with van der Waals surface area (Å²) in [5, 5.41) is 3.34. The summed E-state index contributed by atoms with van der Waals surface area (Å²) in [4.78, 5) is 4.13. The maximum Gasteiger partial charge on any atom is 0.0995 e. The minimum atomic E-state index is 0.858. The zero-order chi connectivity index (χ0) is 8.67. The fourth-order valence-electron chi connectivity index (χ4n) is 1.69. The lowest BCUT2D eigenvalue weighted by atomic mass is 10.2. The van der Waals surface area contributed by atoms with Crippen LogP contribution in [0.2, 0.25) is 0 Å². The molecule has 0 atom stereocenters. The van der Waals surface area contributed by atoms with E-state index in [0.29, 0.717) is 0 Å². The van der Waals surface area contributed by atoms with Crippen LogP contribution in [0.4, 0.5) is 5.69 Å². The van der Waals surface area contributed by atoms with E-state index in [2.05, 4.69) is 27.0 Å². The van der Waals surface area contributed by atoms with Crippen molar-refractivity contribution in [2.45, 2.75) is 6.54 Å². The van der Waals surface area contributed by atoms with Crippen molar-refractivity contribution in [1.82, 2.24) is 9.55 Å². The van der Waals surface area contributed by atoms with Gasteiger partial charge in [-0.3, -0.25) is 4.57 Å². The van der Waals surface area contributed by atoms with Gasteiger partial charge in [0, 0.05) is 0 Å². The van der Waals surface area contributed by atoms with Crippen LogP contribution in [-0.2, 0) is 6.54 Å². The van der Waals surface area contributed by atoms with Crippen molar-refractivity contribution in [3.05, 3.63) is 42.5 Å². The first-order valence-electron chi connectivity index (χ1n) is 4.29. The molecule has 64 valence electrons. The summed E-state index contributed by atoms with van der Waals surface area (Å²) in [5.41, 5.74) is 3.56. The summed E-state index contributed by atoms with van der Waals surface area (Å²) in [6.45, 7) is 0.858. The van der Waals surface area contributed by atoms with E-state index in [9.17, 15) is 0 Å². The van der Waals surface area contributed by atoms with Crippen molar-refractivity contribution in [1.29, 1.82) is 0 Å². The summed E-state index contributed by atoms with van der Waals surface area (Å²) in [7, 11) is 0. The van der Waals surface area contributed by atoms with E-state index >= 15 is 0 Å². The first-order chi connectivity index (χ1) is 6.45. The molecule has 3 rings (SSSR count). The second-order valence-electron chi connectivity index (χ2n) is 3.13. The number of hydrogen-bond donors (Lipinski definition) is 1. The van der Waals surface area contributed by atoms with Crippen LogP contribution in [0.25, 0.3) is 5.69 Å². The van der Waals surface area contributed by atoms with Crippen LogP contribution in [-0.4, -0.2) is 9.55 Å². The quantitative estimate of drug-likeness (QED) is 0.655. The van der Waals surface area contributed by atoms with Crippen LogP contribution in [0, 0.1) is 0 Å². The number of nitrogens with zero attached hydrogens (tertiary/aromatic N) is 2. The highest BCUT2D eigenvalue weighted by atomic mass is 15.1. The van der Waals surface area contributed by atoms with Crippen molar-refractivity contribution in [2.24, 2.45) is 0 Å². The lowest BCUT2D eigenvalue weighted by Gasteiger charge is -2.19. The molecule has 13 heavy (non-hydrogen) atoms. The van der Waals surface area contributed by atoms with Gasteiger partial charge >= 0.3 is 0 Å². The molecule has 2 aromatic rings. The summed E-state index contributed by atoms with van der Waals surface area (Å²) in [5.74, 6) is 0. The minimum absolute atomic E-state index is 0.858. The number of para-hydroxylation sites is 2. The van der Waals surface area contributed by atoms with E-state index in [1.807, 2.05) is 24.7 Å². The third-order valence-electron chi connectivity index (χ3n) is 2.34. The van der Waals surface area contributed by atoms with Gasteiger partial charge in [-0.05, 0) is 12.1 Å². The van der Waals surface area contributed by atoms with Crippen LogP contribution in [0.3, 0.4) is 0 Å². The summed E-state index contributed by atoms with van der Waals surface area (Å²) >= 11 is 0. The number of hydrogen-bond acceptors (Lipinski definition) is 2. The van der Waals surface area contributed by atoms with Crippen LogP contribution < -0.4 is 5.32 Å². The number of anilines is 1. The minimum Gasteiger partial charge on any atom is -0.378 e. The second kappa shape index (κ2) is 2.36. The molecule has 0 radical (unpaired) electrons. The Bertz CT molecular complexity index is 445. The van der Waals surface area contributed by atoms with Gasteiger partial charge in [-0.2, -0.15) is 0 Å². The SMILES string of the molecule is c1ccc2c(c1)NCc1cncn1-2. The smallest absolute Gasteiger partial charge is 0.0995 e. The number of fused-ring (bicyclic) bond motifs is 3. The third kappa shape index (κ3) is 0.869. The van der Waals surface area contributed by atoms with Crippen LogP contribution in [0.1, 0.15) is 5.69 Å². The number of imidazole rings is 1. The van der Waals surface area contributed by atoms with E-state index in [1.54, 1.807) is 0 Å². The molecule has 3 heteroatoms. The zero-order valence-corrected chi connectivity index (χ0v) is 7.07. The molecule has 0 aliphatic carbocycles. The molecule has 3 nitrogen and oxygen atoms in total. The number of aromatic nitrogens is 2. The normalized spacial score (nSPS) is 12.9. The highest BCUT2D eigenvalue weighted by Crippen LogP contribution is 2.25. The molecule has 0 unspecified atom stereocenters. The lowest BCUT2D eigenvalue weighted by Crippen LogP contribution is -2.13.